The molecule has 4 fully saturated rings. The summed E-state index contributed by atoms with van der Waals surface area (Å²) >= 11 is 0. The molecular weight excluding hydrogens is 340 g/mol. The van der Waals surface area contributed by atoms with Crippen molar-refractivity contribution in [2.45, 2.75) is 91.3 Å². The third-order valence-corrected chi connectivity index (χ3v) is 9.44. The molecule has 0 bridgehead atoms. The summed E-state index contributed by atoms with van der Waals surface area (Å²) in [5, 5.41) is 10.3. The molecule has 0 radical (unpaired) electrons. The maximum absolute atomic E-state index is 12.3. The van der Waals surface area contributed by atoms with E-state index in [9.17, 15) is 14.7 Å². The van der Waals surface area contributed by atoms with Gasteiger partial charge in [-0.2, -0.15) is 0 Å². The van der Waals surface area contributed by atoms with E-state index in [0.29, 0.717) is 29.5 Å². The number of carbonyl (C=O) groups is 2. The lowest BCUT2D eigenvalue weighted by atomic mass is 9.44. The molecule has 0 aromatic carbocycles. The van der Waals surface area contributed by atoms with E-state index in [0.717, 1.165) is 51.4 Å². The van der Waals surface area contributed by atoms with Crippen LogP contribution in [0, 0.1) is 40.4 Å². The van der Waals surface area contributed by atoms with Crippen molar-refractivity contribution >= 4 is 11.8 Å². The molecule has 0 spiro atoms. The van der Waals surface area contributed by atoms with Crippen LogP contribution >= 0.6 is 0 Å². The summed E-state index contributed by atoms with van der Waals surface area (Å²) in [5.74, 6) is 2.13. The summed E-state index contributed by atoms with van der Waals surface area (Å²) in [7, 11) is 0. The molecule has 4 aliphatic rings. The van der Waals surface area contributed by atoms with Crippen LogP contribution in [0.3, 0.4) is 0 Å². The van der Waals surface area contributed by atoms with E-state index in [1.165, 1.54) is 6.92 Å². The monoisotopic (exact) mass is 376 g/mol. The first-order valence-corrected chi connectivity index (χ1v) is 11.0. The first-order valence-electron chi connectivity index (χ1n) is 11.0. The number of ether oxygens (including phenoxy) is 1. The summed E-state index contributed by atoms with van der Waals surface area (Å²) < 4.78 is 5.93. The van der Waals surface area contributed by atoms with Gasteiger partial charge in [0.1, 0.15) is 11.9 Å². The number of esters is 1. The molecule has 4 nitrogen and oxygen atoms in total. The normalized spacial score (nSPS) is 51.7. The zero-order valence-electron chi connectivity index (χ0n) is 17.4. The number of aliphatic hydroxyl groups is 1. The Hall–Kier alpha value is -0.900. The quantitative estimate of drug-likeness (QED) is 0.736. The molecule has 9 atom stereocenters. The minimum absolute atomic E-state index is 0.0498. The largest absolute Gasteiger partial charge is 0.462 e. The van der Waals surface area contributed by atoms with Crippen molar-refractivity contribution < 1.29 is 19.4 Å². The van der Waals surface area contributed by atoms with Gasteiger partial charge in [-0.15, -0.1) is 0 Å². The topological polar surface area (TPSA) is 63.6 Å². The Morgan fingerprint density at radius 1 is 0.926 bits per heavy atom. The summed E-state index contributed by atoms with van der Waals surface area (Å²) in [4.78, 5) is 24.2. The van der Waals surface area contributed by atoms with Gasteiger partial charge in [0.2, 0.25) is 0 Å². The van der Waals surface area contributed by atoms with Crippen LogP contribution in [0.4, 0.5) is 0 Å². The Bertz CT molecular complexity index is 630. The molecule has 0 unspecified atom stereocenters. The molecule has 4 saturated carbocycles. The lowest BCUT2D eigenvalue weighted by Crippen LogP contribution is -2.59. The second-order valence-electron chi connectivity index (χ2n) is 10.6. The van der Waals surface area contributed by atoms with Gasteiger partial charge in [-0.3, -0.25) is 9.59 Å². The molecule has 0 saturated heterocycles. The second-order valence-corrected chi connectivity index (χ2v) is 10.6. The number of hydrogen-bond acceptors (Lipinski definition) is 4. The fourth-order valence-corrected chi connectivity index (χ4v) is 8.18. The molecule has 27 heavy (non-hydrogen) atoms. The van der Waals surface area contributed by atoms with Crippen molar-refractivity contribution in [2.24, 2.45) is 40.4 Å². The van der Waals surface area contributed by atoms with Gasteiger partial charge in [0, 0.05) is 18.8 Å². The standard InChI is InChI=1S/C23H36O4/c1-13(24)17-5-6-18-21-19(8-10-23(17,18)4)22(3)9-7-16(26)11-15(22)12-20(21)27-14(2)25/h15-21,26H,5-12H2,1-4H3/t15-,16-,17-,18+,19+,20-,21+,22+,23-/m1/s1. The van der Waals surface area contributed by atoms with Crippen LogP contribution in [0.25, 0.3) is 0 Å². The maximum Gasteiger partial charge on any atom is 0.302 e. The van der Waals surface area contributed by atoms with E-state index >= 15 is 0 Å². The van der Waals surface area contributed by atoms with E-state index in [-0.39, 0.29) is 34.9 Å². The van der Waals surface area contributed by atoms with E-state index in [4.69, 9.17) is 4.74 Å². The number of aliphatic hydroxyl groups excluding tert-OH is 1. The number of fused-ring (bicyclic) bond motifs is 5. The summed E-state index contributed by atoms with van der Waals surface area (Å²) in [6.07, 6.45) is 7.75. The van der Waals surface area contributed by atoms with E-state index in [2.05, 4.69) is 13.8 Å². The highest BCUT2D eigenvalue weighted by Gasteiger charge is 2.63. The van der Waals surface area contributed by atoms with Crippen LogP contribution in [-0.4, -0.2) is 29.1 Å². The molecule has 4 aliphatic carbocycles. The van der Waals surface area contributed by atoms with E-state index in [1.807, 2.05) is 0 Å². The average molecular weight is 377 g/mol. The van der Waals surface area contributed by atoms with Crippen LogP contribution in [0.2, 0.25) is 0 Å². The Balaban J connectivity index is 1.71. The highest BCUT2D eigenvalue weighted by molar-refractivity contribution is 5.79. The number of rotatable bonds is 2. The lowest BCUT2D eigenvalue weighted by molar-refractivity contribution is -0.193. The zero-order valence-corrected chi connectivity index (χ0v) is 17.4. The van der Waals surface area contributed by atoms with Crippen molar-refractivity contribution in [2.75, 3.05) is 0 Å². The van der Waals surface area contributed by atoms with Gasteiger partial charge < -0.3 is 9.84 Å². The van der Waals surface area contributed by atoms with Gasteiger partial charge in [-0.25, -0.2) is 0 Å². The fourth-order valence-electron chi connectivity index (χ4n) is 8.18. The van der Waals surface area contributed by atoms with Crippen LogP contribution in [-0.2, 0) is 14.3 Å². The van der Waals surface area contributed by atoms with Gasteiger partial charge in [-0.1, -0.05) is 13.8 Å². The van der Waals surface area contributed by atoms with E-state index < -0.39 is 0 Å². The molecular formula is C23H36O4. The summed E-state index contributed by atoms with van der Waals surface area (Å²) in [5.41, 5.74) is 0.291. The predicted molar refractivity (Wildman–Crippen MR) is 103 cm³/mol. The van der Waals surface area contributed by atoms with Gasteiger partial charge in [-0.05, 0) is 86.9 Å². The van der Waals surface area contributed by atoms with Gasteiger partial charge in [0.15, 0.2) is 0 Å². The number of ketones is 1. The van der Waals surface area contributed by atoms with Crippen LogP contribution in [0.5, 0.6) is 0 Å². The van der Waals surface area contributed by atoms with E-state index in [1.54, 1.807) is 6.92 Å². The van der Waals surface area contributed by atoms with Gasteiger partial charge in [0.25, 0.3) is 0 Å². The third kappa shape index (κ3) is 2.89. The Labute approximate surface area is 163 Å². The molecule has 1 N–H and O–H groups in total. The average Bonchev–Trinajstić information content (AvgIpc) is 2.93. The lowest BCUT2D eigenvalue weighted by Gasteiger charge is -2.62. The Morgan fingerprint density at radius 2 is 1.59 bits per heavy atom. The minimum Gasteiger partial charge on any atom is -0.462 e. The van der Waals surface area contributed by atoms with Crippen LogP contribution in [0.1, 0.15) is 79.1 Å². The van der Waals surface area contributed by atoms with Crippen molar-refractivity contribution in [3.8, 4) is 0 Å². The highest BCUT2D eigenvalue weighted by atomic mass is 16.5. The van der Waals surface area contributed by atoms with Crippen molar-refractivity contribution in [1.29, 1.82) is 0 Å². The van der Waals surface area contributed by atoms with Crippen LogP contribution < -0.4 is 0 Å². The molecule has 0 aromatic rings. The first-order chi connectivity index (χ1) is 12.7. The van der Waals surface area contributed by atoms with Crippen molar-refractivity contribution in [3.63, 3.8) is 0 Å². The smallest absolute Gasteiger partial charge is 0.302 e. The Kier molecular flexibility index (Phi) is 4.73. The summed E-state index contributed by atoms with van der Waals surface area (Å²) in [6.45, 7) is 8.05. The van der Waals surface area contributed by atoms with Crippen molar-refractivity contribution in [3.05, 3.63) is 0 Å². The molecule has 0 heterocycles. The highest BCUT2D eigenvalue weighted by Crippen LogP contribution is 2.67. The number of hydrogen-bond donors (Lipinski definition) is 1. The second kappa shape index (κ2) is 6.57. The molecule has 4 rings (SSSR count). The maximum atomic E-state index is 12.3. The molecule has 152 valence electrons. The SMILES string of the molecule is CC(=O)O[C@@H]1C[C@H]2C[C@H](O)CC[C@]2(C)[C@H]2CC[C@]3(C)[C@@H](C(C)=O)CC[C@H]3[C@H]12. The van der Waals surface area contributed by atoms with Gasteiger partial charge >= 0.3 is 5.97 Å². The number of carbonyl (C=O) groups excluding carboxylic acids is 2. The molecule has 0 aromatic heterocycles. The summed E-state index contributed by atoms with van der Waals surface area (Å²) in [6, 6.07) is 0. The third-order valence-electron chi connectivity index (χ3n) is 9.44. The predicted octanol–water partition coefficient (Wildman–Crippen LogP) is 4.14. The van der Waals surface area contributed by atoms with Crippen molar-refractivity contribution in [1.82, 2.24) is 0 Å². The molecule has 0 aliphatic heterocycles. The zero-order chi connectivity index (χ0) is 19.6. The molecule has 4 heteroatoms. The van der Waals surface area contributed by atoms with Gasteiger partial charge in [0.05, 0.1) is 6.10 Å². The fraction of sp³-hybridized carbons (Fsp3) is 0.913. The Morgan fingerprint density at radius 3 is 2.26 bits per heavy atom. The first kappa shape index (κ1) is 19.4. The minimum atomic E-state index is -0.208. The number of Topliss-reactive ketones (excluding diaryl/α,β-unsaturated/α-hetero) is 1. The molecule has 0 amide bonds. The van der Waals surface area contributed by atoms with Crippen LogP contribution in [0.15, 0.2) is 0 Å².